The summed E-state index contributed by atoms with van der Waals surface area (Å²) in [5.74, 6) is -0.258. The summed E-state index contributed by atoms with van der Waals surface area (Å²) in [5, 5.41) is 3.19. The lowest BCUT2D eigenvalue weighted by atomic mass is 10.1. The van der Waals surface area contributed by atoms with E-state index in [0.29, 0.717) is 22.0 Å². The molecule has 0 spiro atoms. The van der Waals surface area contributed by atoms with Crippen molar-refractivity contribution in [2.45, 2.75) is 6.42 Å². The predicted octanol–water partition coefficient (Wildman–Crippen LogP) is 3.32. The molecule has 1 amide bonds. The standard InChI is InChI=1S/C17H16ClNO4/c1-22-15-9-11(7-8-13(15)18)10-16(20)19-14-6-4-3-5-12(14)17(21)23-2/h3-9H,10H2,1-2H3,(H,19,20). The minimum atomic E-state index is -0.505. The quantitative estimate of drug-likeness (QED) is 0.852. The largest absolute Gasteiger partial charge is 0.495 e. The summed E-state index contributed by atoms with van der Waals surface area (Å²) >= 11 is 5.96. The SMILES string of the molecule is COC(=O)c1ccccc1NC(=O)Cc1ccc(Cl)c(OC)c1. The van der Waals surface area contributed by atoms with Gasteiger partial charge in [-0.3, -0.25) is 4.79 Å². The van der Waals surface area contributed by atoms with Crippen LogP contribution in [0.25, 0.3) is 0 Å². The van der Waals surface area contributed by atoms with E-state index in [4.69, 9.17) is 21.1 Å². The maximum atomic E-state index is 12.2. The van der Waals surface area contributed by atoms with Crippen LogP contribution in [-0.4, -0.2) is 26.1 Å². The van der Waals surface area contributed by atoms with E-state index >= 15 is 0 Å². The van der Waals surface area contributed by atoms with Gasteiger partial charge in [0.25, 0.3) is 0 Å². The predicted molar refractivity (Wildman–Crippen MR) is 88.1 cm³/mol. The summed E-state index contributed by atoms with van der Waals surface area (Å²) in [7, 11) is 2.80. The summed E-state index contributed by atoms with van der Waals surface area (Å²) < 4.78 is 9.82. The fourth-order valence-electron chi connectivity index (χ4n) is 2.07. The van der Waals surface area contributed by atoms with E-state index in [1.807, 2.05) is 0 Å². The Morgan fingerprint density at radius 2 is 1.87 bits per heavy atom. The van der Waals surface area contributed by atoms with E-state index in [2.05, 4.69) is 5.32 Å². The van der Waals surface area contributed by atoms with Crippen molar-refractivity contribution in [2.75, 3.05) is 19.5 Å². The first kappa shape index (κ1) is 16.8. The van der Waals surface area contributed by atoms with E-state index in [1.165, 1.54) is 14.2 Å². The van der Waals surface area contributed by atoms with Crippen LogP contribution in [0, 0.1) is 0 Å². The number of halogens is 1. The van der Waals surface area contributed by atoms with Crippen LogP contribution in [0.3, 0.4) is 0 Å². The van der Waals surface area contributed by atoms with Crippen molar-refractivity contribution in [1.82, 2.24) is 0 Å². The molecule has 0 aliphatic rings. The van der Waals surface area contributed by atoms with Crippen molar-refractivity contribution in [3.8, 4) is 5.75 Å². The summed E-state index contributed by atoms with van der Waals surface area (Å²) in [6.07, 6.45) is 0.128. The number of hydrogen-bond acceptors (Lipinski definition) is 4. The van der Waals surface area contributed by atoms with Crippen LogP contribution in [0.2, 0.25) is 5.02 Å². The Balaban J connectivity index is 2.13. The Kier molecular flexibility index (Phi) is 5.60. The normalized spacial score (nSPS) is 10.0. The number of anilines is 1. The molecular weight excluding hydrogens is 318 g/mol. The first-order valence-corrected chi connectivity index (χ1v) is 7.22. The fraction of sp³-hybridized carbons (Fsp3) is 0.176. The van der Waals surface area contributed by atoms with Crippen molar-refractivity contribution < 1.29 is 19.1 Å². The molecule has 0 aromatic heterocycles. The third kappa shape index (κ3) is 4.23. The zero-order chi connectivity index (χ0) is 16.8. The molecule has 2 aromatic rings. The van der Waals surface area contributed by atoms with Crippen LogP contribution >= 0.6 is 11.6 Å². The molecule has 6 heteroatoms. The highest BCUT2D eigenvalue weighted by Gasteiger charge is 2.14. The van der Waals surface area contributed by atoms with E-state index in [0.717, 1.165) is 5.56 Å². The molecule has 0 atom stereocenters. The van der Waals surface area contributed by atoms with Gasteiger partial charge in [0.05, 0.1) is 36.9 Å². The molecule has 0 heterocycles. The van der Waals surface area contributed by atoms with Crippen LogP contribution in [0.1, 0.15) is 15.9 Å². The fourth-order valence-corrected chi connectivity index (χ4v) is 2.27. The average molecular weight is 334 g/mol. The molecule has 0 radical (unpaired) electrons. The Bertz CT molecular complexity index is 730. The number of para-hydroxylation sites is 1. The first-order chi connectivity index (χ1) is 11.0. The number of esters is 1. The minimum absolute atomic E-state index is 0.128. The minimum Gasteiger partial charge on any atom is -0.495 e. The molecule has 2 rings (SSSR count). The second-order valence-electron chi connectivity index (χ2n) is 4.73. The zero-order valence-corrected chi connectivity index (χ0v) is 13.5. The molecular formula is C17H16ClNO4. The Hall–Kier alpha value is -2.53. The Morgan fingerprint density at radius 1 is 1.13 bits per heavy atom. The highest BCUT2D eigenvalue weighted by molar-refractivity contribution is 6.32. The van der Waals surface area contributed by atoms with E-state index in [1.54, 1.807) is 42.5 Å². The second-order valence-corrected chi connectivity index (χ2v) is 5.14. The topological polar surface area (TPSA) is 64.6 Å². The first-order valence-electron chi connectivity index (χ1n) is 6.84. The van der Waals surface area contributed by atoms with Gasteiger partial charge in [0, 0.05) is 0 Å². The van der Waals surface area contributed by atoms with Crippen LogP contribution < -0.4 is 10.1 Å². The van der Waals surface area contributed by atoms with Gasteiger partial charge >= 0.3 is 5.97 Å². The van der Waals surface area contributed by atoms with Crippen molar-refractivity contribution in [3.63, 3.8) is 0 Å². The van der Waals surface area contributed by atoms with Crippen molar-refractivity contribution in [3.05, 3.63) is 58.6 Å². The van der Waals surface area contributed by atoms with Crippen LogP contribution in [0.4, 0.5) is 5.69 Å². The van der Waals surface area contributed by atoms with Gasteiger partial charge in [-0.05, 0) is 29.8 Å². The Labute approximate surface area is 139 Å². The van der Waals surface area contributed by atoms with E-state index in [-0.39, 0.29) is 12.3 Å². The molecule has 1 N–H and O–H groups in total. The van der Waals surface area contributed by atoms with Gasteiger partial charge in [0.15, 0.2) is 0 Å². The maximum Gasteiger partial charge on any atom is 0.339 e. The third-order valence-electron chi connectivity index (χ3n) is 3.19. The molecule has 0 unspecified atom stereocenters. The number of rotatable bonds is 5. The number of carbonyl (C=O) groups is 2. The van der Waals surface area contributed by atoms with Gasteiger partial charge < -0.3 is 14.8 Å². The summed E-state index contributed by atoms with van der Waals surface area (Å²) in [5.41, 5.74) is 1.46. The number of amides is 1. The van der Waals surface area contributed by atoms with Crippen molar-refractivity contribution >= 4 is 29.2 Å². The lowest BCUT2D eigenvalue weighted by Crippen LogP contribution is -2.17. The summed E-state index contributed by atoms with van der Waals surface area (Å²) in [6, 6.07) is 11.8. The number of carbonyl (C=O) groups excluding carboxylic acids is 2. The molecule has 0 fully saturated rings. The molecule has 0 saturated carbocycles. The molecule has 23 heavy (non-hydrogen) atoms. The molecule has 0 bridgehead atoms. The highest BCUT2D eigenvalue weighted by Crippen LogP contribution is 2.25. The van der Waals surface area contributed by atoms with Crippen LogP contribution in [0.15, 0.2) is 42.5 Å². The summed E-state index contributed by atoms with van der Waals surface area (Å²) in [4.78, 5) is 23.9. The third-order valence-corrected chi connectivity index (χ3v) is 3.50. The lowest BCUT2D eigenvalue weighted by Gasteiger charge is -2.10. The molecule has 0 aliphatic carbocycles. The van der Waals surface area contributed by atoms with Crippen LogP contribution in [-0.2, 0) is 16.0 Å². The van der Waals surface area contributed by atoms with Crippen LogP contribution in [0.5, 0.6) is 5.75 Å². The Morgan fingerprint density at radius 3 is 2.57 bits per heavy atom. The smallest absolute Gasteiger partial charge is 0.339 e. The average Bonchev–Trinajstić information content (AvgIpc) is 2.56. The van der Waals surface area contributed by atoms with Crippen molar-refractivity contribution in [1.29, 1.82) is 0 Å². The zero-order valence-electron chi connectivity index (χ0n) is 12.8. The number of methoxy groups -OCH3 is 2. The second kappa shape index (κ2) is 7.65. The van der Waals surface area contributed by atoms with Gasteiger partial charge in [0.2, 0.25) is 5.91 Å². The molecule has 120 valence electrons. The molecule has 0 aliphatic heterocycles. The van der Waals surface area contributed by atoms with Crippen molar-refractivity contribution in [2.24, 2.45) is 0 Å². The summed E-state index contributed by atoms with van der Waals surface area (Å²) in [6.45, 7) is 0. The number of benzene rings is 2. The number of hydrogen-bond donors (Lipinski definition) is 1. The van der Waals surface area contributed by atoms with Gasteiger partial charge in [-0.25, -0.2) is 4.79 Å². The number of nitrogens with one attached hydrogen (secondary N) is 1. The molecule has 2 aromatic carbocycles. The lowest BCUT2D eigenvalue weighted by molar-refractivity contribution is -0.115. The van der Waals surface area contributed by atoms with Gasteiger partial charge in [-0.2, -0.15) is 0 Å². The van der Waals surface area contributed by atoms with Gasteiger partial charge in [-0.1, -0.05) is 29.8 Å². The molecule has 0 saturated heterocycles. The van der Waals surface area contributed by atoms with E-state index in [9.17, 15) is 9.59 Å². The molecule has 5 nitrogen and oxygen atoms in total. The van der Waals surface area contributed by atoms with E-state index < -0.39 is 5.97 Å². The number of ether oxygens (including phenoxy) is 2. The monoisotopic (exact) mass is 333 g/mol. The highest BCUT2D eigenvalue weighted by atomic mass is 35.5. The maximum absolute atomic E-state index is 12.2. The van der Waals surface area contributed by atoms with Gasteiger partial charge in [0.1, 0.15) is 5.75 Å². The van der Waals surface area contributed by atoms with Gasteiger partial charge in [-0.15, -0.1) is 0 Å².